The fourth-order valence-electron chi connectivity index (χ4n) is 4.13. The maximum atomic E-state index is 12.7. The van der Waals surface area contributed by atoms with Crippen LogP contribution < -0.4 is 0 Å². The third kappa shape index (κ3) is 4.57. The predicted octanol–water partition coefficient (Wildman–Crippen LogP) is 4.90. The first-order valence-corrected chi connectivity index (χ1v) is 11.0. The molecule has 5 heteroatoms. The van der Waals surface area contributed by atoms with Crippen LogP contribution >= 0.6 is 0 Å². The Balaban J connectivity index is 1.67. The second-order valence-corrected chi connectivity index (χ2v) is 9.15. The van der Waals surface area contributed by atoms with E-state index in [2.05, 4.69) is 74.2 Å². The highest BCUT2D eigenvalue weighted by atomic mass is 16.5. The normalized spacial score (nSPS) is 14.3. The molecule has 1 aliphatic rings. The van der Waals surface area contributed by atoms with Gasteiger partial charge in [0.2, 0.25) is 0 Å². The lowest BCUT2D eigenvalue weighted by Crippen LogP contribution is -2.31. The molecular formula is C26H31N3O2. The SMILES string of the molecule is CCOC(=O)c1nn(-c2ccc(C(C)(C)C)cc2)c2c1CN(Cc1ccccc1)CC2. The molecule has 0 saturated heterocycles. The summed E-state index contributed by atoms with van der Waals surface area (Å²) < 4.78 is 7.27. The summed E-state index contributed by atoms with van der Waals surface area (Å²) in [5.41, 5.74) is 6.16. The van der Waals surface area contributed by atoms with Gasteiger partial charge in [0.1, 0.15) is 0 Å². The summed E-state index contributed by atoms with van der Waals surface area (Å²) in [6.07, 6.45) is 0.843. The van der Waals surface area contributed by atoms with E-state index in [0.717, 1.165) is 36.5 Å². The van der Waals surface area contributed by atoms with Crippen LogP contribution in [0.25, 0.3) is 5.69 Å². The third-order valence-electron chi connectivity index (χ3n) is 5.83. The molecule has 5 nitrogen and oxygen atoms in total. The van der Waals surface area contributed by atoms with Crippen molar-refractivity contribution in [2.45, 2.75) is 52.6 Å². The van der Waals surface area contributed by atoms with Gasteiger partial charge in [-0.1, -0.05) is 63.2 Å². The van der Waals surface area contributed by atoms with Crippen LogP contribution in [0.2, 0.25) is 0 Å². The molecule has 1 aliphatic heterocycles. The van der Waals surface area contributed by atoms with Crippen LogP contribution in [0.15, 0.2) is 54.6 Å². The fraction of sp³-hybridized carbons (Fsp3) is 0.385. The Morgan fingerprint density at radius 3 is 2.42 bits per heavy atom. The zero-order valence-corrected chi connectivity index (χ0v) is 18.9. The quantitative estimate of drug-likeness (QED) is 0.554. The molecule has 0 fully saturated rings. The second kappa shape index (κ2) is 8.67. The van der Waals surface area contributed by atoms with Crippen LogP contribution in [-0.4, -0.2) is 33.8 Å². The highest BCUT2D eigenvalue weighted by Gasteiger charge is 2.29. The Hall–Kier alpha value is -2.92. The van der Waals surface area contributed by atoms with Gasteiger partial charge in [0.25, 0.3) is 0 Å². The fourth-order valence-corrected chi connectivity index (χ4v) is 4.13. The second-order valence-electron chi connectivity index (χ2n) is 9.15. The highest BCUT2D eigenvalue weighted by Crippen LogP contribution is 2.28. The van der Waals surface area contributed by atoms with Gasteiger partial charge in [0.15, 0.2) is 5.69 Å². The van der Waals surface area contributed by atoms with Crippen molar-refractivity contribution in [2.75, 3.05) is 13.2 Å². The minimum Gasteiger partial charge on any atom is -0.461 e. The lowest BCUT2D eigenvalue weighted by molar-refractivity contribution is 0.0516. The molecule has 2 aromatic carbocycles. The Morgan fingerprint density at radius 1 is 1.06 bits per heavy atom. The van der Waals surface area contributed by atoms with Gasteiger partial charge < -0.3 is 4.74 Å². The Bertz CT molecular complexity index is 1050. The molecule has 3 aromatic rings. The van der Waals surface area contributed by atoms with Gasteiger partial charge >= 0.3 is 5.97 Å². The van der Waals surface area contributed by atoms with Crippen LogP contribution in [-0.2, 0) is 29.7 Å². The molecule has 0 radical (unpaired) electrons. The standard InChI is InChI=1S/C26H31N3O2/c1-5-31-25(30)24-22-18-28(17-19-9-7-6-8-10-19)16-15-23(22)29(27-24)21-13-11-20(12-14-21)26(2,3)4/h6-14H,5,15-18H2,1-4H3. The van der Waals surface area contributed by atoms with E-state index in [1.54, 1.807) is 0 Å². The van der Waals surface area contributed by atoms with E-state index in [1.165, 1.54) is 11.1 Å². The number of aromatic nitrogens is 2. The monoisotopic (exact) mass is 417 g/mol. The topological polar surface area (TPSA) is 47.4 Å². The molecule has 0 amide bonds. The minimum absolute atomic E-state index is 0.0934. The summed E-state index contributed by atoms with van der Waals surface area (Å²) in [7, 11) is 0. The first kappa shape index (κ1) is 21.3. The maximum absolute atomic E-state index is 12.7. The average molecular weight is 418 g/mol. The smallest absolute Gasteiger partial charge is 0.359 e. The lowest BCUT2D eigenvalue weighted by Gasteiger charge is -2.27. The first-order valence-electron chi connectivity index (χ1n) is 11.0. The Morgan fingerprint density at radius 2 is 1.77 bits per heavy atom. The number of hydrogen-bond donors (Lipinski definition) is 0. The average Bonchev–Trinajstić information content (AvgIpc) is 3.13. The van der Waals surface area contributed by atoms with Crippen molar-refractivity contribution in [1.29, 1.82) is 0 Å². The van der Waals surface area contributed by atoms with Crippen molar-refractivity contribution in [3.8, 4) is 5.69 Å². The molecule has 0 spiro atoms. The number of ether oxygens (including phenoxy) is 1. The van der Waals surface area contributed by atoms with E-state index < -0.39 is 0 Å². The predicted molar refractivity (Wildman–Crippen MR) is 122 cm³/mol. The molecule has 0 unspecified atom stereocenters. The van der Waals surface area contributed by atoms with Gasteiger partial charge in [-0.15, -0.1) is 0 Å². The molecule has 4 rings (SSSR count). The Labute approximate surface area is 184 Å². The summed E-state index contributed by atoms with van der Waals surface area (Å²) in [5, 5.41) is 4.73. The molecular weight excluding hydrogens is 386 g/mol. The van der Waals surface area contributed by atoms with E-state index in [9.17, 15) is 4.79 Å². The van der Waals surface area contributed by atoms with Gasteiger partial charge in [-0.05, 0) is 35.6 Å². The molecule has 0 atom stereocenters. The van der Waals surface area contributed by atoms with E-state index in [0.29, 0.717) is 18.8 Å². The van der Waals surface area contributed by atoms with Crippen molar-refractivity contribution < 1.29 is 9.53 Å². The molecule has 2 heterocycles. The molecule has 31 heavy (non-hydrogen) atoms. The molecule has 0 bridgehead atoms. The molecule has 162 valence electrons. The summed E-state index contributed by atoms with van der Waals surface area (Å²) >= 11 is 0. The largest absolute Gasteiger partial charge is 0.461 e. The molecule has 1 aromatic heterocycles. The first-order chi connectivity index (χ1) is 14.9. The number of carbonyl (C=O) groups is 1. The number of nitrogens with zero attached hydrogens (tertiary/aromatic N) is 3. The zero-order valence-electron chi connectivity index (χ0n) is 18.9. The number of fused-ring (bicyclic) bond motifs is 1. The molecule has 0 N–H and O–H groups in total. The van der Waals surface area contributed by atoms with Gasteiger partial charge in [-0.25, -0.2) is 9.48 Å². The van der Waals surface area contributed by atoms with Crippen molar-refractivity contribution >= 4 is 5.97 Å². The maximum Gasteiger partial charge on any atom is 0.359 e. The van der Waals surface area contributed by atoms with Crippen LogP contribution in [0.5, 0.6) is 0 Å². The van der Waals surface area contributed by atoms with Crippen LogP contribution in [0.3, 0.4) is 0 Å². The van der Waals surface area contributed by atoms with Gasteiger partial charge in [-0.3, -0.25) is 4.90 Å². The van der Waals surface area contributed by atoms with Gasteiger partial charge in [0, 0.05) is 31.6 Å². The van der Waals surface area contributed by atoms with Gasteiger partial charge in [-0.2, -0.15) is 5.10 Å². The van der Waals surface area contributed by atoms with E-state index in [1.807, 2.05) is 17.7 Å². The van der Waals surface area contributed by atoms with E-state index >= 15 is 0 Å². The summed E-state index contributed by atoms with van der Waals surface area (Å²) in [6, 6.07) is 18.9. The van der Waals surface area contributed by atoms with Gasteiger partial charge in [0.05, 0.1) is 18.0 Å². The number of carbonyl (C=O) groups excluding carboxylic acids is 1. The van der Waals surface area contributed by atoms with Crippen LogP contribution in [0, 0.1) is 0 Å². The highest BCUT2D eigenvalue weighted by molar-refractivity contribution is 5.89. The number of rotatable bonds is 5. The lowest BCUT2D eigenvalue weighted by atomic mass is 9.87. The Kier molecular flexibility index (Phi) is 5.96. The molecule has 0 aliphatic carbocycles. The molecule has 0 saturated carbocycles. The number of hydrogen-bond acceptors (Lipinski definition) is 4. The van der Waals surface area contributed by atoms with Crippen molar-refractivity contribution in [1.82, 2.24) is 14.7 Å². The summed E-state index contributed by atoms with van der Waals surface area (Å²) in [4.78, 5) is 15.1. The van der Waals surface area contributed by atoms with E-state index in [4.69, 9.17) is 9.84 Å². The van der Waals surface area contributed by atoms with Crippen LogP contribution in [0.4, 0.5) is 0 Å². The van der Waals surface area contributed by atoms with E-state index in [-0.39, 0.29) is 11.4 Å². The third-order valence-corrected chi connectivity index (χ3v) is 5.83. The van der Waals surface area contributed by atoms with Crippen molar-refractivity contribution in [3.05, 3.63) is 82.7 Å². The number of benzene rings is 2. The minimum atomic E-state index is -0.342. The van der Waals surface area contributed by atoms with Crippen molar-refractivity contribution in [2.24, 2.45) is 0 Å². The van der Waals surface area contributed by atoms with Crippen LogP contribution in [0.1, 0.15) is 60.6 Å². The van der Waals surface area contributed by atoms with Crippen molar-refractivity contribution in [3.63, 3.8) is 0 Å². The summed E-state index contributed by atoms with van der Waals surface area (Å²) in [6.45, 7) is 11.3. The number of esters is 1. The summed E-state index contributed by atoms with van der Waals surface area (Å²) in [5.74, 6) is -0.342. The zero-order chi connectivity index (χ0) is 22.0.